The van der Waals surface area contributed by atoms with E-state index in [-0.39, 0.29) is 17.5 Å². The first-order valence-corrected chi connectivity index (χ1v) is 10.6. The van der Waals surface area contributed by atoms with E-state index in [4.69, 9.17) is 9.57 Å². The second kappa shape index (κ2) is 7.60. The van der Waals surface area contributed by atoms with Crippen molar-refractivity contribution in [1.82, 2.24) is 5.06 Å². The molecule has 3 atom stereocenters. The number of non-ortho nitro benzene ring substituents is 1. The third-order valence-electron chi connectivity index (χ3n) is 6.60. The van der Waals surface area contributed by atoms with Crippen LogP contribution in [0, 0.1) is 16.0 Å². The Kier molecular flexibility index (Phi) is 4.83. The van der Waals surface area contributed by atoms with Crippen LogP contribution in [0.1, 0.15) is 18.4 Å². The van der Waals surface area contributed by atoms with Gasteiger partial charge >= 0.3 is 0 Å². The third-order valence-corrected chi connectivity index (χ3v) is 6.60. The number of nitro benzene ring substituents is 1. The van der Waals surface area contributed by atoms with E-state index >= 15 is 0 Å². The summed E-state index contributed by atoms with van der Waals surface area (Å²) >= 11 is 0. The molecule has 168 valence electrons. The smallest absolute Gasteiger partial charge is 0.269 e. The first-order valence-electron chi connectivity index (χ1n) is 10.6. The molecule has 0 saturated heterocycles. The lowest BCUT2D eigenvalue weighted by Crippen LogP contribution is -2.59. The van der Waals surface area contributed by atoms with Crippen LogP contribution in [0.25, 0.3) is 10.8 Å². The maximum absolute atomic E-state index is 13.6. The van der Waals surface area contributed by atoms with Crippen LogP contribution in [0.5, 0.6) is 5.75 Å². The summed E-state index contributed by atoms with van der Waals surface area (Å²) in [4.78, 5) is 31.5. The maximum Gasteiger partial charge on any atom is 0.269 e. The van der Waals surface area contributed by atoms with Gasteiger partial charge in [0, 0.05) is 31.3 Å². The molecule has 0 bridgehead atoms. The highest BCUT2D eigenvalue weighted by molar-refractivity contribution is 5.91. The minimum absolute atomic E-state index is 0.000486. The number of carbonyl (C=O) groups is 1. The molecule has 0 N–H and O–H groups in total. The average Bonchev–Trinajstić information content (AvgIpc) is 3.11. The largest absolute Gasteiger partial charge is 0.465 e. The van der Waals surface area contributed by atoms with Gasteiger partial charge in [-0.2, -0.15) is 0 Å². The quantitative estimate of drug-likeness (QED) is 0.431. The number of nitrogens with zero attached hydrogens (tertiary/aromatic N) is 3. The van der Waals surface area contributed by atoms with Gasteiger partial charge in [0.1, 0.15) is 11.7 Å². The molecule has 1 amide bonds. The van der Waals surface area contributed by atoms with Crippen LogP contribution in [0.2, 0.25) is 0 Å². The van der Waals surface area contributed by atoms with Gasteiger partial charge in [-0.1, -0.05) is 42.5 Å². The number of allylic oxidation sites excluding steroid dienone is 1. The number of hydrogen-bond donors (Lipinski definition) is 0. The van der Waals surface area contributed by atoms with E-state index < -0.39 is 16.6 Å². The van der Waals surface area contributed by atoms with Crippen molar-refractivity contribution >= 4 is 28.1 Å². The highest BCUT2D eigenvalue weighted by atomic mass is 16.7. The summed E-state index contributed by atoms with van der Waals surface area (Å²) in [5.74, 6) is -0.608. The van der Waals surface area contributed by atoms with Crippen molar-refractivity contribution in [2.75, 3.05) is 19.1 Å². The summed E-state index contributed by atoms with van der Waals surface area (Å²) in [5.41, 5.74) is 0.641. The lowest BCUT2D eigenvalue weighted by atomic mass is 9.76. The Morgan fingerprint density at radius 3 is 2.45 bits per heavy atom. The number of nitro groups is 1. The van der Waals surface area contributed by atoms with E-state index in [1.807, 2.05) is 54.4 Å². The first kappa shape index (κ1) is 21.0. The Hall–Kier alpha value is -3.91. The number of amides is 1. The molecule has 0 aromatic heterocycles. The number of ether oxygens (including phenoxy) is 1. The number of benzene rings is 3. The molecular weight excluding hydrogens is 422 g/mol. The van der Waals surface area contributed by atoms with E-state index in [0.717, 1.165) is 22.0 Å². The van der Waals surface area contributed by atoms with E-state index in [0.29, 0.717) is 5.75 Å². The van der Waals surface area contributed by atoms with Crippen molar-refractivity contribution in [3.8, 4) is 5.75 Å². The van der Waals surface area contributed by atoms with Gasteiger partial charge in [0.15, 0.2) is 5.72 Å². The third kappa shape index (κ3) is 3.22. The van der Waals surface area contributed by atoms with Gasteiger partial charge in [0.2, 0.25) is 0 Å². The molecule has 8 nitrogen and oxygen atoms in total. The molecule has 0 unspecified atom stereocenters. The Morgan fingerprint density at radius 2 is 1.82 bits per heavy atom. The molecular formula is C25H23N3O5. The Bertz CT molecular complexity index is 1290. The molecule has 5 rings (SSSR count). The summed E-state index contributed by atoms with van der Waals surface area (Å²) in [6.07, 6.45) is 3.88. The minimum atomic E-state index is -1.02. The van der Waals surface area contributed by atoms with Crippen molar-refractivity contribution in [3.05, 3.63) is 88.6 Å². The molecule has 33 heavy (non-hydrogen) atoms. The normalized spacial score (nSPS) is 23.1. The van der Waals surface area contributed by atoms with Gasteiger partial charge < -0.3 is 9.64 Å². The summed E-state index contributed by atoms with van der Waals surface area (Å²) in [7, 11) is 3.01. The van der Waals surface area contributed by atoms with Gasteiger partial charge in [-0.3, -0.25) is 19.7 Å². The second-order valence-electron chi connectivity index (χ2n) is 8.41. The molecule has 0 radical (unpaired) electrons. The Balaban J connectivity index is 1.63. The van der Waals surface area contributed by atoms with Crippen LogP contribution in [0.4, 0.5) is 11.4 Å². The van der Waals surface area contributed by atoms with Gasteiger partial charge in [0.25, 0.3) is 11.6 Å². The number of rotatable bonds is 4. The van der Waals surface area contributed by atoms with Crippen LogP contribution in [-0.2, 0) is 9.63 Å². The first-order chi connectivity index (χ1) is 15.8. The minimum Gasteiger partial charge on any atom is -0.465 e. The molecule has 3 aromatic carbocycles. The van der Waals surface area contributed by atoms with Crippen molar-refractivity contribution < 1.29 is 19.3 Å². The Morgan fingerprint density at radius 1 is 1.15 bits per heavy atom. The molecule has 8 heteroatoms. The number of anilines is 1. The zero-order valence-corrected chi connectivity index (χ0v) is 18.5. The lowest BCUT2D eigenvalue weighted by Gasteiger charge is -2.45. The second-order valence-corrected chi connectivity index (χ2v) is 8.41. The topological polar surface area (TPSA) is 85.1 Å². The van der Waals surface area contributed by atoms with E-state index in [9.17, 15) is 14.9 Å². The zero-order chi connectivity index (χ0) is 23.3. The van der Waals surface area contributed by atoms with Crippen molar-refractivity contribution in [3.63, 3.8) is 0 Å². The summed E-state index contributed by atoms with van der Waals surface area (Å²) < 4.78 is 6.51. The van der Waals surface area contributed by atoms with Crippen molar-refractivity contribution in [1.29, 1.82) is 0 Å². The molecule has 0 saturated carbocycles. The van der Waals surface area contributed by atoms with Crippen molar-refractivity contribution in [2.24, 2.45) is 5.92 Å². The molecule has 2 heterocycles. The summed E-state index contributed by atoms with van der Waals surface area (Å²) in [6.45, 7) is 1.89. The highest BCUT2D eigenvalue weighted by Gasteiger charge is 2.56. The fraction of sp³-hybridized carbons (Fsp3) is 0.240. The summed E-state index contributed by atoms with van der Waals surface area (Å²) in [6, 6.07) is 18.4. The number of carbonyl (C=O) groups excluding carboxylic acids is 1. The highest BCUT2D eigenvalue weighted by Crippen LogP contribution is 2.53. The van der Waals surface area contributed by atoms with Crippen LogP contribution in [0.15, 0.2) is 72.9 Å². The fourth-order valence-corrected chi connectivity index (χ4v) is 4.84. The predicted molar refractivity (Wildman–Crippen MR) is 124 cm³/mol. The molecule has 3 aromatic rings. The monoisotopic (exact) mass is 445 g/mol. The molecule has 0 fully saturated rings. The number of fused-ring (bicyclic) bond motifs is 4. The van der Waals surface area contributed by atoms with E-state index in [1.165, 1.54) is 24.3 Å². The SMILES string of the molecule is CON(C)C(=O)[C@H]1[C@H](c2ccc([N+](=O)[O-])cc2)C=CN2c3cc4ccccc4cc3O[C@]12C. The number of hydrogen-bond acceptors (Lipinski definition) is 6. The van der Waals surface area contributed by atoms with Gasteiger partial charge in [-0.25, -0.2) is 5.06 Å². The van der Waals surface area contributed by atoms with E-state index in [1.54, 1.807) is 19.2 Å². The molecule has 0 spiro atoms. The van der Waals surface area contributed by atoms with Crippen LogP contribution in [-0.4, -0.2) is 35.8 Å². The van der Waals surface area contributed by atoms with Crippen molar-refractivity contribution in [2.45, 2.75) is 18.6 Å². The molecule has 2 aliphatic rings. The number of hydroxylamine groups is 2. The fourth-order valence-electron chi connectivity index (χ4n) is 4.84. The van der Waals surface area contributed by atoms with Gasteiger partial charge in [-0.15, -0.1) is 0 Å². The van der Waals surface area contributed by atoms with Crippen LogP contribution < -0.4 is 9.64 Å². The molecule has 0 aliphatic carbocycles. The summed E-state index contributed by atoms with van der Waals surface area (Å²) in [5, 5.41) is 14.4. The molecule has 2 aliphatic heterocycles. The van der Waals surface area contributed by atoms with E-state index in [2.05, 4.69) is 6.07 Å². The van der Waals surface area contributed by atoms with Gasteiger partial charge in [-0.05, 0) is 35.4 Å². The standard InChI is InChI=1S/C25H23N3O5/c1-25-23(24(29)26(2)32-3)20(16-8-10-19(11-9-16)28(30)31)12-13-27(25)21-14-17-6-4-5-7-18(17)15-22(21)33-25/h4-15,20,23H,1-3H3/t20-,23+,25+/m0/s1. The predicted octanol–water partition coefficient (Wildman–Crippen LogP) is 4.61. The van der Waals surface area contributed by atoms with Crippen LogP contribution >= 0.6 is 0 Å². The maximum atomic E-state index is 13.6. The van der Waals surface area contributed by atoms with Crippen LogP contribution in [0.3, 0.4) is 0 Å². The van der Waals surface area contributed by atoms with Gasteiger partial charge in [0.05, 0.1) is 17.7 Å². The Labute approximate surface area is 190 Å². The lowest BCUT2D eigenvalue weighted by molar-refractivity contribution is -0.384. The average molecular weight is 445 g/mol. The zero-order valence-electron chi connectivity index (χ0n) is 18.5.